The molecule has 0 spiro atoms. The normalized spacial score (nSPS) is 20.4. The molecule has 1 unspecified atom stereocenters. The van der Waals surface area contributed by atoms with Gasteiger partial charge in [-0.3, -0.25) is 33.6 Å². The van der Waals surface area contributed by atoms with Crippen molar-refractivity contribution in [1.29, 1.82) is 0 Å². The molecule has 0 radical (unpaired) electrons. The Kier molecular flexibility index (Phi) is 30.3. The topological polar surface area (TPSA) is 268 Å². The Morgan fingerprint density at radius 2 is 1.28 bits per heavy atom. The lowest BCUT2D eigenvalue weighted by atomic mass is 9.96. The summed E-state index contributed by atoms with van der Waals surface area (Å²) < 4.78 is 35.6. The molecule has 1 fully saturated rings. The van der Waals surface area contributed by atoms with Crippen molar-refractivity contribution in [3.05, 3.63) is 0 Å². The van der Waals surface area contributed by atoms with Crippen LogP contribution in [0.5, 0.6) is 0 Å². The van der Waals surface area contributed by atoms with Crippen LogP contribution < -0.4 is 21.7 Å². The summed E-state index contributed by atoms with van der Waals surface area (Å²) in [6.45, 7) is 7.35. The second-order valence-corrected chi connectivity index (χ2v) is 16.9. The Bertz CT molecular complexity index is 1430. The fourth-order valence-electron chi connectivity index (χ4n) is 7.34. The lowest BCUT2D eigenvalue weighted by Crippen LogP contribution is -2.66. The van der Waals surface area contributed by atoms with E-state index in [1.165, 1.54) is 78.1 Å². The van der Waals surface area contributed by atoms with Crippen molar-refractivity contribution >= 4 is 41.5 Å². The number of primary amides is 1. The zero-order valence-electron chi connectivity index (χ0n) is 40.5. The first-order valence-corrected chi connectivity index (χ1v) is 23.7. The van der Waals surface area contributed by atoms with Crippen LogP contribution in [0.15, 0.2) is 0 Å². The first-order chi connectivity index (χ1) is 31.0. The summed E-state index contributed by atoms with van der Waals surface area (Å²) in [4.78, 5) is 88.0. The summed E-state index contributed by atoms with van der Waals surface area (Å²) in [5, 5.41) is 27.4. The molecule has 9 atom stereocenters. The molecule has 0 aromatic rings. The molecule has 7 N–H and O–H groups in total. The molecule has 0 bridgehead atoms. The first kappa shape index (κ1) is 56.3. The molecule has 0 aromatic heterocycles. The molecule has 1 heterocycles. The number of hydrogen-bond donors (Lipinski definition) is 6. The first-order valence-electron chi connectivity index (χ1n) is 24.2. The van der Waals surface area contributed by atoms with E-state index < -0.39 is 97.1 Å². The van der Waals surface area contributed by atoms with Gasteiger partial charge < -0.3 is 55.6 Å². The Hall–Kier alpha value is -3.87. The third kappa shape index (κ3) is 25.6. The van der Waals surface area contributed by atoms with Gasteiger partial charge in [-0.15, -0.1) is 0 Å². The minimum Gasteiger partial charge on any atom is -0.469 e. The van der Waals surface area contributed by atoms with E-state index >= 15 is 0 Å². The van der Waals surface area contributed by atoms with E-state index in [0.29, 0.717) is 12.8 Å². The molecule has 1 saturated heterocycles. The SMILES string of the molecule is [2H]N(C(=O)[C@@H](C)O[C@H]1[C@H](O)[C@@H](COC(=O)C[C@@H](CCCCCCCCCCC)OC(=O)CCCCCCCCCCC)OC(O)[C@@H]1NC(C)=O)[C@@H](C)C(=O)N[C@@H](CCC(=O)OC)C(N)=O. The lowest BCUT2D eigenvalue weighted by Gasteiger charge is -2.43. The monoisotopic (exact) mass is 916 g/mol. The summed E-state index contributed by atoms with van der Waals surface area (Å²) in [7, 11) is 1.15. The highest BCUT2D eigenvalue weighted by molar-refractivity contribution is 5.92. The van der Waals surface area contributed by atoms with Gasteiger partial charge in [-0.25, -0.2) is 0 Å². The van der Waals surface area contributed by atoms with Crippen molar-refractivity contribution in [2.24, 2.45) is 5.73 Å². The highest BCUT2D eigenvalue weighted by Gasteiger charge is 2.47. The summed E-state index contributed by atoms with van der Waals surface area (Å²) in [5.41, 5.74) is 5.36. The third-order valence-corrected chi connectivity index (χ3v) is 11.2. The predicted octanol–water partition coefficient (Wildman–Crippen LogP) is 4.46. The molecule has 0 aliphatic carbocycles. The number of methoxy groups -OCH3 is 1. The van der Waals surface area contributed by atoms with Crippen LogP contribution >= 0.6 is 0 Å². The number of carbonyl (C=O) groups is 7. The van der Waals surface area contributed by atoms with E-state index in [1.54, 1.807) is 0 Å². The van der Waals surface area contributed by atoms with Gasteiger partial charge >= 0.3 is 17.9 Å². The zero-order chi connectivity index (χ0) is 48.7. The average Bonchev–Trinajstić information content (AvgIpc) is 3.26. The number of esters is 3. The second kappa shape index (κ2) is 34.5. The van der Waals surface area contributed by atoms with E-state index in [4.69, 9.17) is 26.1 Å². The molecule has 1 aliphatic heterocycles. The van der Waals surface area contributed by atoms with Crippen molar-refractivity contribution in [2.75, 3.05) is 13.7 Å². The minimum absolute atomic E-state index is 0.191. The molecule has 0 saturated carbocycles. The smallest absolute Gasteiger partial charge is 0.309 e. The van der Waals surface area contributed by atoms with Gasteiger partial charge in [0.25, 0.3) is 0 Å². The standard InChI is InChI=1S/C46H82N4O14/c1-7-9-11-13-15-17-19-21-23-25-34(63-38(53)26-24-22-20-18-16-14-12-10-8-2)29-39(54)61-30-36-41(55)42(40(46(59)64-36)49-33(5)51)62-32(4)45(58)48-31(3)44(57)50-35(43(47)56)27-28-37(52)60-6/h31-32,34-36,40-42,46,55,59H,7-30H2,1-6H3,(H2,47,56)(H,48,58)(H,49,51)(H,50,57)/t31-,32+,34+,35-,36+,40+,41+,42+,46?/m0/s1/i/hD. The van der Waals surface area contributed by atoms with Crippen LogP contribution in [-0.4, -0.2) is 120 Å². The Morgan fingerprint density at radius 3 is 1.81 bits per heavy atom. The Morgan fingerprint density at radius 1 is 0.734 bits per heavy atom. The maximum atomic E-state index is 13.4. The van der Waals surface area contributed by atoms with Crippen LogP contribution in [0.3, 0.4) is 0 Å². The fourth-order valence-corrected chi connectivity index (χ4v) is 7.34. The van der Waals surface area contributed by atoms with Gasteiger partial charge in [-0.05, 0) is 39.5 Å². The summed E-state index contributed by atoms with van der Waals surface area (Å²) in [6, 6.07) is -4.24. The number of rotatable bonds is 36. The van der Waals surface area contributed by atoms with E-state index in [9.17, 15) is 43.8 Å². The number of amides is 4. The second-order valence-electron chi connectivity index (χ2n) is 16.9. The van der Waals surface area contributed by atoms with Crippen molar-refractivity contribution in [1.82, 2.24) is 15.9 Å². The molecule has 18 nitrogen and oxygen atoms in total. The number of ether oxygens (including phenoxy) is 5. The molecular weight excluding hydrogens is 833 g/mol. The van der Waals surface area contributed by atoms with Crippen LogP contribution in [0, 0.1) is 0 Å². The average molecular weight is 916 g/mol. The van der Waals surface area contributed by atoms with Gasteiger partial charge in [0.05, 0.1) is 13.5 Å². The van der Waals surface area contributed by atoms with Crippen LogP contribution in [0.1, 0.15) is 182 Å². The van der Waals surface area contributed by atoms with Gasteiger partial charge in [0.15, 0.2) is 7.70 Å². The van der Waals surface area contributed by atoms with E-state index in [0.717, 1.165) is 59.0 Å². The number of aliphatic hydroxyl groups excluding tert-OH is 2. The Labute approximate surface area is 382 Å². The predicted molar refractivity (Wildman–Crippen MR) is 238 cm³/mol. The molecule has 4 amide bonds. The summed E-state index contributed by atoms with van der Waals surface area (Å²) >= 11 is 0. The number of aliphatic hydroxyl groups is 2. The minimum atomic E-state index is -1.81. The quantitative estimate of drug-likeness (QED) is 0.0288. The van der Waals surface area contributed by atoms with Crippen molar-refractivity contribution < 1.29 is 68.9 Å². The van der Waals surface area contributed by atoms with E-state index in [1.807, 2.05) is 0 Å². The molecule has 0 aromatic carbocycles. The molecule has 1 aliphatic rings. The fraction of sp³-hybridized carbons (Fsp3) is 0.848. The van der Waals surface area contributed by atoms with Gasteiger partial charge in [-0.1, -0.05) is 117 Å². The van der Waals surface area contributed by atoms with Crippen LogP contribution in [-0.2, 0) is 57.2 Å². The number of nitrogens with two attached hydrogens (primary N) is 1. The van der Waals surface area contributed by atoms with Gasteiger partial charge in [0, 0.05) is 19.8 Å². The highest BCUT2D eigenvalue weighted by Crippen LogP contribution is 2.25. The number of unbranched alkanes of at least 4 members (excludes halogenated alkanes) is 16. The molecule has 370 valence electrons. The van der Waals surface area contributed by atoms with E-state index in [2.05, 4.69) is 29.2 Å². The third-order valence-electron chi connectivity index (χ3n) is 11.2. The van der Waals surface area contributed by atoms with Crippen LogP contribution in [0.4, 0.5) is 0 Å². The molecule has 1 rings (SSSR count). The number of hydrogen-bond acceptors (Lipinski definition) is 14. The summed E-state index contributed by atoms with van der Waals surface area (Å²) in [5.74, 6) is -5.39. The lowest BCUT2D eigenvalue weighted by molar-refractivity contribution is -0.267. The van der Waals surface area contributed by atoms with Crippen molar-refractivity contribution in [3.63, 3.8) is 0 Å². The molecular formula is C46H82N4O14. The van der Waals surface area contributed by atoms with Gasteiger partial charge in [0.1, 0.15) is 55.3 Å². The van der Waals surface area contributed by atoms with Gasteiger partial charge in [0.2, 0.25) is 23.6 Å². The van der Waals surface area contributed by atoms with Crippen LogP contribution in [0.2, 0.25) is 1.41 Å². The molecule has 18 heteroatoms. The largest absolute Gasteiger partial charge is 0.469 e. The van der Waals surface area contributed by atoms with Crippen molar-refractivity contribution in [2.45, 2.75) is 237 Å². The van der Waals surface area contributed by atoms with Crippen LogP contribution in [0.25, 0.3) is 0 Å². The highest BCUT2D eigenvalue weighted by atomic mass is 16.6. The number of carbonyl (C=O) groups excluding carboxylic acids is 7. The summed E-state index contributed by atoms with van der Waals surface area (Å²) in [6.07, 6.45) is 11.0. The zero-order valence-corrected chi connectivity index (χ0v) is 39.5. The van der Waals surface area contributed by atoms with E-state index in [-0.39, 0.29) is 37.0 Å². The maximum Gasteiger partial charge on any atom is 0.309 e. The Balaban J connectivity index is 2.95. The van der Waals surface area contributed by atoms with Gasteiger partial charge in [-0.2, -0.15) is 0 Å². The maximum absolute atomic E-state index is 13.4. The molecule has 64 heavy (non-hydrogen) atoms. The van der Waals surface area contributed by atoms with Crippen molar-refractivity contribution in [3.8, 4) is 0 Å². The number of nitrogens with one attached hydrogen (secondary N) is 3.